The fraction of sp³-hybridized carbons (Fsp3) is 0.684. The molecule has 1 heteroatoms. The Bertz CT molecular complexity index is 315. The molecule has 0 atom stereocenters. The highest BCUT2D eigenvalue weighted by Crippen LogP contribution is 2.14. The predicted molar refractivity (Wildman–Crippen MR) is 88.5 cm³/mol. The van der Waals surface area contributed by atoms with Gasteiger partial charge in [0.05, 0.1) is 6.61 Å². The second-order valence-corrected chi connectivity index (χ2v) is 5.72. The van der Waals surface area contributed by atoms with E-state index in [4.69, 9.17) is 4.74 Å². The van der Waals surface area contributed by atoms with E-state index >= 15 is 0 Å². The Morgan fingerprint density at radius 3 is 1.90 bits per heavy atom. The number of rotatable bonds is 12. The van der Waals surface area contributed by atoms with Gasteiger partial charge in [0.25, 0.3) is 0 Å². The fourth-order valence-electron chi connectivity index (χ4n) is 2.47. The van der Waals surface area contributed by atoms with E-state index in [9.17, 15) is 0 Å². The van der Waals surface area contributed by atoms with Crippen LogP contribution < -0.4 is 4.74 Å². The van der Waals surface area contributed by atoms with Gasteiger partial charge < -0.3 is 4.74 Å². The maximum atomic E-state index is 5.78. The van der Waals surface area contributed by atoms with Crippen LogP contribution >= 0.6 is 0 Å². The highest BCUT2D eigenvalue weighted by Gasteiger charge is 1.96. The van der Waals surface area contributed by atoms with Crippen molar-refractivity contribution in [1.82, 2.24) is 0 Å². The molecule has 0 fully saturated rings. The van der Waals surface area contributed by atoms with Crippen LogP contribution in [0.2, 0.25) is 0 Å². The van der Waals surface area contributed by atoms with E-state index in [0.717, 1.165) is 18.8 Å². The predicted octanol–water partition coefficient (Wildman–Crippen LogP) is 6.16. The Labute approximate surface area is 125 Å². The van der Waals surface area contributed by atoms with Crippen molar-refractivity contribution >= 4 is 0 Å². The normalized spacial score (nSPS) is 10.7. The van der Waals surface area contributed by atoms with Crippen LogP contribution in [0.3, 0.4) is 0 Å². The summed E-state index contributed by atoms with van der Waals surface area (Å²) in [6.07, 6.45) is 13.2. The summed E-state index contributed by atoms with van der Waals surface area (Å²) >= 11 is 0. The van der Waals surface area contributed by atoms with Crippen LogP contribution in [-0.2, 0) is 6.42 Å². The van der Waals surface area contributed by atoms with E-state index in [0.29, 0.717) is 0 Å². The van der Waals surface area contributed by atoms with Gasteiger partial charge in [0.2, 0.25) is 0 Å². The molecule has 114 valence electrons. The molecule has 20 heavy (non-hydrogen) atoms. The van der Waals surface area contributed by atoms with Crippen LogP contribution in [-0.4, -0.2) is 6.61 Å². The minimum absolute atomic E-state index is 0.863. The Balaban J connectivity index is 1.98. The molecule has 0 aliphatic heterocycles. The topological polar surface area (TPSA) is 9.23 Å². The molecule has 0 bridgehead atoms. The molecule has 0 saturated carbocycles. The van der Waals surface area contributed by atoms with Crippen molar-refractivity contribution in [3.05, 3.63) is 29.8 Å². The molecule has 1 rings (SSSR count). The average molecular weight is 276 g/mol. The zero-order valence-electron chi connectivity index (χ0n) is 13.5. The molecule has 0 saturated heterocycles. The van der Waals surface area contributed by atoms with E-state index in [2.05, 4.69) is 38.1 Å². The first-order valence-corrected chi connectivity index (χ1v) is 8.58. The minimum atomic E-state index is 0.863. The quantitative estimate of drug-likeness (QED) is 0.415. The number of hydrogen-bond acceptors (Lipinski definition) is 1. The third-order valence-corrected chi connectivity index (χ3v) is 3.73. The zero-order valence-corrected chi connectivity index (χ0v) is 13.5. The third kappa shape index (κ3) is 8.24. The summed E-state index contributed by atoms with van der Waals surface area (Å²) < 4.78 is 5.78. The summed E-state index contributed by atoms with van der Waals surface area (Å²) in [7, 11) is 0. The average Bonchev–Trinajstić information content (AvgIpc) is 2.47. The summed E-state index contributed by atoms with van der Waals surface area (Å²) in [5, 5.41) is 0. The summed E-state index contributed by atoms with van der Waals surface area (Å²) in [5.74, 6) is 1.02. The van der Waals surface area contributed by atoms with E-state index < -0.39 is 0 Å². The number of unbranched alkanes of at least 4 members (excludes halogenated alkanes) is 7. The lowest BCUT2D eigenvalue weighted by atomic mass is 10.1. The molecular formula is C19H32O. The molecule has 0 radical (unpaired) electrons. The fourth-order valence-corrected chi connectivity index (χ4v) is 2.47. The van der Waals surface area contributed by atoms with Crippen molar-refractivity contribution in [3.8, 4) is 5.75 Å². The summed E-state index contributed by atoms with van der Waals surface area (Å²) in [4.78, 5) is 0. The van der Waals surface area contributed by atoms with Crippen LogP contribution in [0.5, 0.6) is 5.75 Å². The molecule has 0 unspecified atom stereocenters. The van der Waals surface area contributed by atoms with Gasteiger partial charge in [0.1, 0.15) is 5.75 Å². The van der Waals surface area contributed by atoms with Gasteiger partial charge in [-0.3, -0.25) is 0 Å². The molecule has 0 N–H and O–H groups in total. The first-order chi connectivity index (χ1) is 9.86. The number of hydrogen-bond donors (Lipinski definition) is 0. The lowest BCUT2D eigenvalue weighted by Crippen LogP contribution is -1.97. The standard InChI is InChI=1S/C19H32O/c1-3-5-6-7-8-9-10-11-17-20-19-15-13-18(12-4-2)14-16-19/h13-16H,3-12,17H2,1-2H3. The maximum Gasteiger partial charge on any atom is 0.119 e. The van der Waals surface area contributed by atoms with Gasteiger partial charge in [0.15, 0.2) is 0 Å². The molecule has 0 spiro atoms. The van der Waals surface area contributed by atoms with Crippen molar-refractivity contribution in [2.45, 2.75) is 78.1 Å². The van der Waals surface area contributed by atoms with Crippen LogP contribution in [0.15, 0.2) is 24.3 Å². The second kappa shape index (κ2) is 11.8. The lowest BCUT2D eigenvalue weighted by molar-refractivity contribution is 0.304. The smallest absolute Gasteiger partial charge is 0.119 e. The van der Waals surface area contributed by atoms with Crippen molar-refractivity contribution in [1.29, 1.82) is 0 Å². The Morgan fingerprint density at radius 2 is 1.30 bits per heavy atom. The molecule has 0 amide bonds. The van der Waals surface area contributed by atoms with Crippen molar-refractivity contribution in [2.75, 3.05) is 6.61 Å². The first kappa shape index (κ1) is 17.1. The molecule has 0 aliphatic carbocycles. The van der Waals surface area contributed by atoms with Gasteiger partial charge >= 0.3 is 0 Å². The Morgan fingerprint density at radius 1 is 0.700 bits per heavy atom. The number of aryl methyl sites for hydroxylation is 1. The highest BCUT2D eigenvalue weighted by atomic mass is 16.5. The summed E-state index contributed by atoms with van der Waals surface area (Å²) in [6, 6.07) is 8.59. The van der Waals surface area contributed by atoms with Gasteiger partial charge in [-0.25, -0.2) is 0 Å². The van der Waals surface area contributed by atoms with Gasteiger partial charge in [-0.05, 0) is 30.5 Å². The van der Waals surface area contributed by atoms with E-state index in [-0.39, 0.29) is 0 Å². The SMILES string of the molecule is CCCCCCCCCCOc1ccc(CCC)cc1. The molecule has 1 nitrogen and oxygen atoms in total. The largest absolute Gasteiger partial charge is 0.494 e. The van der Waals surface area contributed by atoms with Crippen LogP contribution in [0.25, 0.3) is 0 Å². The monoisotopic (exact) mass is 276 g/mol. The van der Waals surface area contributed by atoms with E-state index in [1.807, 2.05) is 0 Å². The molecular weight excluding hydrogens is 244 g/mol. The minimum Gasteiger partial charge on any atom is -0.494 e. The van der Waals surface area contributed by atoms with Gasteiger partial charge in [-0.1, -0.05) is 77.3 Å². The van der Waals surface area contributed by atoms with Crippen LogP contribution in [0, 0.1) is 0 Å². The molecule has 0 aliphatic rings. The first-order valence-electron chi connectivity index (χ1n) is 8.58. The van der Waals surface area contributed by atoms with Crippen molar-refractivity contribution in [2.24, 2.45) is 0 Å². The highest BCUT2D eigenvalue weighted by molar-refractivity contribution is 5.27. The van der Waals surface area contributed by atoms with Gasteiger partial charge in [-0.15, -0.1) is 0 Å². The summed E-state index contributed by atoms with van der Waals surface area (Å²) in [5.41, 5.74) is 1.41. The zero-order chi connectivity index (χ0) is 14.5. The van der Waals surface area contributed by atoms with Crippen LogP contribution in [0.1, 0.15) is 77.2 Å². The second-order valence-electron chi connectivity index (χ2n) is 5.72. The molecule has 1 aromatic rings. The van der Waals surface area contributed by atoms with Crippen LogP contribution in [0.4, 0.5) is 0 Å². The summed E-state index contributed by atoms with van der Waals surface area (Å²) in [6.45, 7) is 5.35. The Hall–Kier alpha value is -0.980. The number of benzene rings is 1. The maximum absolute atomic E-state index is 5.78. The Kier molecular flexibility index (Phi) is 10.1. The third-order valence-electron chi connectivity index (χ3n) is 3.73. The molecule has 0 aromatic heterocycles. The number of ether oxygens (including phenoxy) is 1. The molecule has 0 heterocycles. The van der Waals surface area contributed by atoms with Gasteiger partial charge in [0, 0.05) is 0 Å². The van der Waals surface area contributed by atoms with Crippen molar-refractivity contribution in [3.63, 3.8) is 0 Å². The van der Waals surface area contributed by atoms with Gasteiger partial charge in [-0.2, -0.15) is 0 Å². The van der Waals surface area contributed by atoms with Crippen molar-refractivity contribution < 1.29 is 4.74 Å². The van der Waals surface area contributed by atoms with E-state index in [1.165, 1.54) is 63.4 Å². The molecule has 1 aromatic carbocycles. The lowest BCUT2D eigenvalue weighted by Gasteiger charge is -2.07. The van der Waals surface area contributed by atoms with E-state index in [1.54, 1.807) is 0 Å².